The molecule has 0 saturated carbocycles. The normalized spacial score (nSPS) is 18.6. The zero-order valence-corrected chi connectivity index (χ0v) is 10.3. The van der Waals surface area contributed by atoms with Gasteiger partial charge in [-0.25, -0.2) is 8.78 Å². The third-order valence-corrected chi connectivity index (χ3v) is 2.48. The third-order valence-electron chi connectivity index (χ3n) is 2.48. The Morgan fingerprint density at radius 3 is 2.20 bits per heavy atom. The highest BCUT2D eigenvalue weighted by Crippen LogP contribution is 2.42. The van der Waals surface area contributed by atoms with Gasteiger partial charge in [-0.1, -0.05) is 0 Å². The molecular formula is C9H11F5N4O2. The van der Waals surface area contributed by atoms with Gasteiger partial charge in [-0.15, -0.1) is 10.2 Å². The maximum absolute atomic E-state index is 12.6. The first-order valence-corrected chi connectivity index (χ1v) is 5.56. The molecule has 0 aromatic heterocycles. The average molecular weight is 302 g/mol. The maximum Gasteiger partial charge on any atom is 0.393 e. The molecule has 1 unspecified atom stereocenters. The van der Waals surface area contributed by atoms with Crippen molar-refractivity contribution in [2.24, 2.45) is 26.6 Å². The van der Waals surface area contributed by atoms with Crippen LogP contribution in [-0.4, -0.2) is 30.8 Å². The molecule has 0 saturated heterocycles. The van der Waals surface area contributed by atoms with Crippen LogP contribution in [0.1, 0.15) is 19.8 Å². The van der Waals surface area contributed by atoms with Gasteiger partial charge in [0.25, 0.3) is 0 Å². The number of ether oxygens (including phenoxy) is 1. The Morgan fingerprint density at radius 1 is 1.25 bits per heavy atom. The molecule has 6 nitrogen and oxygen atoms in total. The van der Waals surface area contributed by atoms with E-state index in [9.17, 15) is 26.7 Å². The number of carbonyl (C=O) groups is 1. The Bertz CT molecular complexity index is 398. The van der Waals surface area contributed by atoms with Gasteiger partial charge < -0.3 is 4.74 Å². The molecule has 0 fully saturated rings. The number of alkyl halides is 5. The zero-order valence-electron chi connectivity index (χ0n) is 10.3. The quantitative estimate of drug-likeness (QED) is 0.557. The molecule has 20 heavy (non-hydrogen) atoms. The van der Waals surface area contributed by atoms with E-state index in [1.807, 2.05) is 0 Å². The summed E-state index contributed by atoms with van der Waals surface area (Å²) in [6, 6.07) is 0. The van der Waals surface area contributed by atoms with Gasteiger partial charge in [-0.3, -0.25) is 4.79 Å². The van der Waals surface area contributed by atoms with Gasteiger partial charge in [0.1, 0.15) is 5.92 Å². The van der Waals surface area contributed by atoms with E-state index >= 15 is 0 Å². The fourth-order valence-electron chi connectivity index (χ4n) is 1.74. The van der Waals surface area contributed by atoms with Crippen molar-refractivity contribution in [3.05, 3.63) is 0 Å². The van der Waals surface area contributed by atoms with Crippen LogP contribution in [0.25, 0.3) is 0 Å². The van der Waals surface area contributed by atoms with E-state index in [-0.39, 0.29) is 6.61 Å². The van der Waals surface area contributed by atoms with Gasteiger partial charge in [-0.2, -0.15) is 13.2 Å². The first-order chi connectivity index (χ1) is 9.20. The van der Waals surface area contributed by atoms with Crippen molar-refractivity contribution < 1.29 is 31.5 Å². The molecule has 0 N–H and O–H groups in total. The van der Waals surface area contributed by atoms with Gasteiger partial charge in [0.2, 0.25) is 12.1 Å². The Morgan fingerprint density at radius 2 is 1.80 bits per heavy atom. The van der Waals surface area contributed by atoms with Crippen molar-refractivity contribution in [2.75, 3.05) is 6.61 Å². The fourth-order valence-corrected chi connectivity index (χ4v) is 1.74. The van der Waals surface area contributed by atoms with Crippen LogP contribution in [0, 0.1) is 5.92 Å². The van der Waals surface area contributed by atoms with Crippen LogP contribution in [-0.2, 0) is 9.53 Å². The summed E-state index contributed by atoms with van der Waals surface area (Å²) in [5.41, 5.74) is -2.51. The summed E-state index contributed by atoms with van der Waals surface area (Å²) in [5, 5.41) is 12.1. The second-order valence-corrected chi connectivity index (χ2v) is 3.98. The Hall–Kier alpha value is -1.68. The Balaban J connectivity index is 3.08. The summed E-state index contributed by atoms with van der Waals surface area (Å²) < 4.78 is 67.2. The number of nitrogens with zero attached hydrogens (tertiary/aromatic N) is 4. The van der Waals surface area contributed by atoms with Crippen molar-refractivity contribution >= 4 is 5.97 Å². The lowest BCUT2D eigenvalue weighted by Gasteiger charge is -2.28. The summed E-state index contributed by atoms with van der Waals surface area (Å²) in [7, 11) is 0. The highest BCUT2D eigenvalue weighted by Gasteiger charge is 2.54. The van der Waals surface area contributed by atoms with E-state index in [1.54, 1.807) is 0 Å². The number of carbonyl (C=O) groups excluding carboxylic acids is 1. The van der Waals surface area contributed by atoms with Gasteiger partial charge in [-0.05, 0) is 17.4 Å². The zero-order chi connectivity index (χ0) is 15.4. The van der Waals surface area contributed by atoms with Crippen LogP contribution in [0.4, 0.5) is 22.0 Å². The molecule has 0 amide bonds. The number of esters is 1. The topological polar surface area (TPSA) is 75.7 Å². The first-order valence-electron chi connectivity index (χ1n) is 5.56. The van der Waals surface area contributed by atoms with E-state index < -0.39 is 43.0 Å². The van der Waals surface area contributed by atoms with Gasteiger partial charge in [0.15, 0.2) is 0 Å². The van der Waals surface area contributed by atoms with Crippen molar-refractivity contribution in [1.82, 2.24) is 0 Å². The lowest BCUT2D eigenvalue weighted by molar-refractivity contribution is -0.166. The fraction of sp³-hybridized carbons (Fsp3) is 0.889. The lowest BCUT2D eigenvalue weighted by atomic mass is 9.87. The molecule has 0 aromatic rings. The van der Waals surface area contributed by atoms with E-state index in [1.165, 1.54) is 6.92 Å². The van der Waals surface area contributed by atoms with E-state index in [0.29, 0.717) is 0 Å². The molecule has 1 rings (SSSR count). The average Bonchev–Trinajstić information content (AvgIpc) is 2.72. The molecule has 1 aliphatic heterocycles. The third kappa shape index (κ3) is 4.17. The van der Waals surface area contributed by atoms with E-state index in [0.717, 1.165) is 0 Å². The SMILES string of the molecule is CCOC(=O)C(CC(F)F)C1(CC(F)(F)F)N=NN=N1. The number of halogens is 5. The molecule has 0 radical (unpaired) electrons. The largest absolute Gasteiger partial charge is 0.466 e. The smallest absolute Gasteiger partial charge is 0.393 e. The minimum Gasteiger partial charge on any atom is -0.466 e. The van der Waals surface area contributed by atoms with Crippen LogP contribution in [0.3, 0.4) is 0 Å². The number of hydrogen-bond donors (Lipinski definition) is 0. The molecule has 1 aliphatic rings. The summed E-state index contributed by atoms with van der Waals surface area (Å²) in [6.07, 6.45) is -10.7. The minimum absolute atomic E-state index is 0.172. The standard InChI is InChI=1S/C9H11F5N4O2/c1-2-20-7(19)5(3-6(10)11)8(4-9(12,13)14)15-17-18-16-8/h5-6H,2-4H2,1H3. The van der Waals surface area contributed by atoms with Crippen LogP contribution in [0.5, 0.6) is 0 Å². The van der Waals surface area contributed by atoms with Gasteiger partial charge >= 0.3 is 12.1 Å². The number of rotatable bonds is 6. The van der Waals surface area contributed by atoms with Gasteiger partial charge in [0.05, 0.1) is 13.0 Å². The molecule has 114 valence electrons. The molecule has 0 bridgehead atoms. The molecule has 0 aliphatic carbocycles. The molecule has 0 aromatic carbocycles. The Kier molecular flexibility index (Phi) is 5.06. The second kappa shape index (κ2) is 6.18. The van der Waals surface area contributed by atoms with E-state index in [2.05, 4.69) is 25.4 Å². The lowest BCUT2D eigenvalue weighted by Crippen LogP contribution is -2.43. The van der Waals surface area contributed by atoms with Crippen LogP contribution < -0.4 is 0 Å². The van der Waals surface area contributed by atoms with Crippen LogP contribution >= 0.6 is 0 Å². The maximum atomic E-state index is 12.6. The number of hydrogen-bond acceptors (Lipinski definition) is 6. The first kappa shape index (κ1) is 16.4. The summed E-state index contributed by atoms with van der Waals surface area (Å²) in [5.74, 6) is -3.14. The highest BCUT2D eigenvalue weighted by atomic mass is 19.4. The summed E-state index contributed by atoms with van der Waals surface area (Å²) in [4.78, 5) is 11.6. The second-order valence-electron chi connectivity index (χ2n) is 3.98. The van der Waals surface area contributed by atoms with Gasteiger partial charge in [0, 0.05) is 6.42 Å². The molecule has 1 atom stereocenters. The molecular weight excluding hydrogens is 291 g/mol. The van der Waals surface area contributed by atoms with Crippen molar-refractivity contribution in [1.29, 1.82) is 0 Å². The van der Waals surface area contributed by atoms with Crippen molar-refractivity contribution in [3.8, 4) is 0 Å². The molecule has 11 heteroatoms. The summed E-state index contributed by atoms with van der Waals surface area (Å²) in [6.45, 7) is 1.22. The Labute approximate surface area is 110 Å². The molecule has 1 heterocycles. The minimum atomic E-state index is -4.78. The monoisotopic (exact) mass is 302 g/mol. The highest BCUT2D eigenvalue weighted by molar-refractivity contribution is 5.74. The molecule has 0 spiro atoms. The van der Waals surface area contributed by atoms with E-state index in [4.69, 9.17) is 0 Å². The van der Waals surface area contributed by atoms with Crippen LogP contribution in [0.15, 0.2) is 20.7 Å². The predicted octanol–water partition coefficient (Wildman–Crippen LogP) is 3.30. The van der Waals surface area contributed by atoms with Crippen LogP contribution in [0.2, 0.25) is 0 Å². The van der Waals surface area contributed by atoms with Crippen molar-refractivity contribution in [2.45, 2.75) is 38.0 Å². The van der Waals surface area contributed by atoms with Crippen molar-refractivity contribution in [3.63, 3.8) is 0 Å². The summed E-state index contributed by atoms with van der Waals surface area (Å²) >= 11 is 0. The predicted molar refractivity (Wildman–Crippen MR) is 53.9 cm³/mol.